The number of hydrogen-bond acceptors (Lipinski definition) is 5. The minimum absolute atomic E-state index is 0.116. The maximum absolute atomic E-state index is 12.7. The van der Waals surface area contributed by atoms with Crippen molar-refractivity contribution in [3.8, 4) is 0 Å². The molecule has 0 spiro atoms. The van der Waals surface area contributed by atoms with Gasteiger partial charge in [-0.25, -0.2) is 8.42 Å². The molecule has 0 aromatic heterocycles. The standard InChI is InChI=1S/C18H19N3O5S/c1-14-5-7-15(8-6-14)18(22)19-9-11-20(12-10-19)27(25,26)17-4-2-3-16(13-17)21(23)24/h2-8,13H,9-12H2,1H3. The normalized spacial score (nSPS) is 15.5. The zero-order chi connectivity index (χ0) is 19.6. The highest BCUT2D eigenvalue weighted by molar-refractivity contribution is 7.89. The third-order valence-corrected chi connectivity index (χ3v) is 6.39. The molecule has 2 aromatic rings. The molecule has 0 saturated carbocycles. The first-order valence-electron chi connectivity index (χ1n) is 8.39. The molecule has 0 unspecified atom stereocenters. The van der Waals surface area contributed by atoms with Crippen LogP contribution >= 0.6 is 0 Å². The van der Waals surface area contributed by atoms with Crippen LogP contribution in [0.1, 0.15) is 15.9 Å². The van der Waals surface area contributed by atoms with E-state index in [9.17, 15) is 23.3 Å². The minimum atomic E-state index is -3.85. The second-order valence-electron chi connectivity index (χ2n) is 6.32. The number of nitro groups is 1. The Morgan fingerprint density at radius 1 is 1.04 bits per heavy atom. The molecule has 0 radical (unpaired) electrons. The summed E-state index contributed by atoms with van der Waals surface area (Å²) in [5, 5.41) is 10.9. The van der Waals surface area contributed by atoms with Gasteiger partial charge in [-0.05, 0) is 25.1 Å². The fourth-order valence-electron chi connectivity index (χ4n) is 2.92. The van der Waals surface area contributed by atoms with Crippen molar-refractivity contribution in [2.24, 2.45) is 0 Å². The summed E-state index contributed by atoms with van der Waals surface area (Å²) in [6, 6.07) is 12.2. The van der Waals surface area contributed by atoms with Crippen LogP contribution < -0.4 is 0 Å². The Bertz CT molecular complexity index is 965. The number of non-ortho nitro benzene ring substituents is 1. The van der Waals surface area contributed by atoms with E-state index in [1.807, 2.05) is 19.1 Å². The van der Waals surface area contributed by atoms with Gasteiger partial charge in [0.2, 0.25) is 10.0 Å². The highest BCUT2D eigenvalue weighted by atomic mass is 32.2. The lowest BCUT2D eigenvalue weighted by Gasteiger charge is -2.34. The predicted octanol–water partition coefficient (Wildman–Crippen LogP) is 2.05. The Labute approximate surface area is 157 Å². The Morgan fingerprint density at radius 2 is 1.67 bits per heavy atom. The van der Waals surface area contributed by atoms with Crippen molar-refractivity contribution in [3.05, 3.63) is 69.8 Å². The largest absolute Gasteiger partial charge is 0.336 e. The average Bonchev–Trinajstić information content (AvgIpc) is 2.68. The van der Waals surface area contributed by atoms with Crippen molar-refractivity contribution >= 4 is 21.6 Å². The fourth-order valence-corrected chi connectivity index (χ4v) is 4.38. The number of carbonyl (C=O) groups excluding carboxylic acids is 1. The summed E-state index contributed by atoms with van der Waals surface area (Å²) in [5.41, 5.74) is 1.35. The Hall–Kier alpha value is -2.78. The van der Waals surface area contributed by atoms with Crippen LogP contribution in [0.15, 0.2) is 53.4 Å². The summed E-state index contributed by atoms with van der Waals surface area (Å²) in [6.07, 6.45) is 0. The van der Waals surface area contributed by atoms with Crippen molar-refractivity contribution in [2.45, 2.75) is 11.8 Å². The van der Waals surface area contributed by atoms with Gasteiger partial charge in [0.15, 0.2) is 0 Å². The highest BCUT2D eigenvalue weighted by Gasteiger charge is 2.31. The van der Waals surface area contributed by atoms with Gasteiger partial charge >= 0.3 is 0 Å². The molecular weight excluding hydrogens is 370 g/mol. The molecule has 9 heteroatoms. The lowest BCUT2D eigenvalue weighted by Crippen LogP contribution is -2.50. The molecule has 1 heterocycles. The van der Waals surface area contributed by atoms with Crippen molar-refractivity contribution in [3.63, 3.8) is 0 Å². The molecule has 0 atom stereocenters. The predicted molar refractivity (Wildman–Crippen MR) is 98.9 cm³/mol. The van der Waals surface area contributed by atoms with E-state index in [2.05, 4.69) is 0 Å². The van der Waals surface area contributed by atoms with Gasteiger partial charge in [-0.3, -0.25) is 14.9 Å². The first-order chi connectivity index (χ1) is 12.8. The van der Waals surface area contributed by atoms with Crippen molar-refractivity contribution in [1.29, 1.82) is 0 Å². The van der Waals surface area contributed by atoms with Crippen LogP contribution in [-0.2, 0) is 10.0 Å². The second-order valence-corrected chi connectivity index (χ2v) is 8.25. The maximum atomic E-state index is 12.7. The van der Waals surface area contributed by atoms with E-state index >= 15 is 0 Å². The molecule has 8 nitrogen and oxygen atoms in total. The van der Waals surface area contributed by atoms with Gasteiger partial charge in [0.05, 0.1) is 9.82 Å². The number of sulfonamides is 1. The number of rotatable bonds is 4. The van der Waals surface area contributed by atoms with Crippen LogP contribution in [0, 0.1) is 17.0 Å². The number of carbonyl (C=O) groups is 1. The fraction of sp³-hybridized carbons (Fsp3) is 0.278. The zero-order valence-electron chi connectivity index (χ0n) is 14.7. The maximum Gasteiger partial charge on any atom is 0.270 e. The number of hydrogen-bond donors (Lipinski definition) is 0. The molecular formula is C18H19N3O5S. The Balaban J connectivity index is 1.71. The number of benzene rings is 2. The lowest BCUT2D eigenvalue weighted by atomic mass is 10.1. The van der Waals surface area contributed by atoms with E-state index < -0.39 is 14.9 Å². The van der Waals surface area contributed by atoms with E-state index in [0.717, 1.165) is 11.6 Å². The molecule has 0 aliphatic carbocycles. The topological polar surface area (TPSA) is 101 Å². The molecule has 1 aliphatic heterocycles. The minimum Gasteiger partial charge on any atom is -0.336 e. The SMILES string of the molecule is Cc1ccc(C(=O)N2CCN(S(=O)(=O)c3cccc([N+](=O)[O-])c3)CC2)cc1. The van der Waals surface area contributed by atoms with Gasteiger partial charge in [0.1, 0.15) is 0 Å². The first-order valence-corrected chi connectivity index (χ1v) is 9.83. The molecule has 0 N–H and O–H groups in total. The van der Waals surface area contributed by atoms with Crippen LogP contribution in [0.4, 0.5) is 5.69 Å². The number of nitrogens with zero attached hydrogens (tertiary/aromatic N) is 3. The Morgan fingerprint density at radius 3 is 2.26 bits per heavy atom. The van der Waals surface area contributed by atoms with E-state index in [-0.39, 0.29) is 42.7 Å². The van der Waals surface area contributed by atoms with Gasteiger partial charge in [0, 0.05) is 43.9 Å². The number of amides is 1. The number of piperazine rings is 1. The van der Waals surface area contributed by atoms with Gasteiger partial charge in [0.25, 0.3) is 11.6 Å². The summed E-state index contributed by atoms with van der Waals surface area (Å²) in [6.45, 7) is 2.75. The first kappa shape index (κ1) is 19.0. The molecule has 142 valence electrons. The average molecular weight is 389 g/mol. The third kappa shape index (κ3) is 3.99. The molecule has 0 bridgehead atoms. The van der Waals surface area contributed by atoms with Crippen LogP contribution in [-0.4, -0.2) is 54.6 Å². The monoisotopic (exact) mass is 389 g/mol. The van der Waals surface area contributed by atoms with Crippen LogP contribution in [0.3, 0.4) is 0 Å². The van der Waals surface area contributed by atoms with Gasteiger partial charge in [-0.2, -0.15) is 4.31 Å². The van der Waals surface area contributed by atoms with Gasteiger partial charge in [-0.15, -0.1) is 0 Å². The van der Waals surface area contributed by atoms with Crippen LogP contribution in [0.2, 0.25) is 0 Å². The molecule has 2 aromatic carbocycles. The van der Waals surface area contributed by atoms with E-state index in [0.29, 0.717) is 5.56 Å². The zero-order valence-corrected chi connectivity index (χ0v) is 15.6. The highest BCUT2D eigenvalue weighted by Crippen LogP contribution is 2.22. The molecule has 1 amide bonds. The van der Waals surface area contributed by atoms with E-state index in [1.54, 1.807) is 17.0 Å². The second kappa shape index (κ2) is 7.45. The summed E-state index contributed by atoms with van der Waals surface area (Å²) < 4.78 is 26.7. The summed E-state index contributed by atoms with van der Waals surface area (Å²) in [4.78, 5) is 24.3. The summed E-state index contributed by atoms with van der Waals surface area (Å²) >= 11 is 0. The molecule has 1 saturated heterocycles. The summed E-state index contributed by atoms with van der Waals surface area (Å²) in [5.74, 6) is -0.137. The number of aryl methyl sites for hydroxylation is 1. The van der Waals surface area contributed by atoms with Crippen molar-refractivity contribution in [2.75, 3.05) is 26.2 Å². The Kier molecular flexibility index (Phi) is 5.24. The van der Waals surface area contributed by atoms with E-state index in [1.165, 1.54) is 22.5 Å². The lowest BCUT2D eigenvalue weighted by molar-refractivity contribution is -0.385. The smallest absolute Gasteiger partial charge is 0.270 e. The van der Waals surface area contributed by atoms with Crippen molar-refractivity contribution < 1.29 is 18.1 Å². The quantitative estimate of drug-likeness (QED) is 0.588. The number of nitro benzene ring substituents is 1. The summed E-state index contributed by atoms with van der Waals surface area (Å²) in [7, 11) is -3.85. The molecule has 3 rings (SSSR count). The van der Waals surface area contributed by atoms with Gasteiger partial charge in [-0.1, -0.05) is 23.8 Å². The van der Waals surface area contributed by atoms with Crippen LogP contribution in [0.5, 0.6) is 0 Å². The third-order valence-electron chi connectivity index (χ3n) is 4.49. The molecule has 27 heavy (non-hydrogen) atoms. The molecule has 1 fully saturated rings. The van der Waals surface area contributed by atoms with Crippen LogP contribution in [0.25, 0.3) is 0 Å². The van der Waals surface area contributed by atoms with Gasteiger partial charge < -0.3 is 4.90 Å². The van der Waals surface area contributed by atoms with E-state index in [4.69, 9.17) is 0 Å². The van der Waals surface area contributed by atoms with Crippen molar-refractivity contribution in [1.82, 2.24) is 9.21 Å². The molecule has 1 aliphatic rings.